The molecule has 3 aromatic carbocycles. The normalized spacial score (nSPS) is 18.7. The molecule has 0 bridgehead atoms. The van der Waals surface area contributed by atoms with Gasteiger partial charge < -0.3 is 9.80 Å². The fourth-order valence-corrected chi connectivity index (χ4v) is 5.36. The van der Waals surface area contributed by atoms with Crippen molar-refractivity contribution < 1.29 is 14.0 Å². The molecule has 36 heavy (non-hydrogen) atoms. The van der Waals surface area contributed by atoms with E-state index in [0.717, 1.165) is 28.1 Å². The van der Waals surface area contributed by atoms with Gasteiger partial charge >= 0.3 is 0 Å². The summed E-state index contributed by atoms with van der Waals surface area (Å²) >= 11 is 0. The second kappa shape index (κ2) is 9.74. The van der Waals surface area contributed by atoms with Crippen LogP contribution in [0, 0.1) is 25.6 Å². The largest absolute Gasteiger partial charge is 0.366 e. The molecule has 6 nitrogen and oxygen atoms in total. The Morgan fingerprint density at radius 2 is 1.81 bits per heavy atom. The SMILES string of the molecule is CCN(C(=O)CN1NC2c3cc(F)ccc3N(Cc3cccc(C)c3)CC2C1=O)c1cccc(C)c1. The smallest absolute Gasteiger partial charge is 0.248 e. The zero-order valence-electron chi connectivity index (χ0n) is 20.9. The molecule has 2 aliphatic heterocycles. The molecular weight excluding hydrogens is 455 g/mol. The van der Waals surface area contributed by atoms with Crippen LogP contribution in [-0.2, 0) is 16.1 Å². The standard InChI is InChI=1S/C29H31FN4O2/c1-4-33(23-10-6-8-20(3)14-23)27(35)18-34-29(36)25-17-32(16-21-9-5-7-19(2)13-21)26-12-11-22(30)15-24(26)28(25)31-34/h5-15,25,28,31H,4,16-18H2,1-3H3. The van der Waals surface area contributed by atoms with Crippen LogP contribution < -0.4 is 15.2 Å². The lowest BCUT2D eigenvalue weighted by Crippen LogP contribution is -2.45. The Hall–Kier alpha value is -3.71. The van der Waals surface area contributed by atoms with Crippen molar-refractivity contribution in [3.05, 3.63) is 94.8 Å². The predicted molar refractivity (Wildman–Crippen MR) is 139 cm³/mol. The molecule has 2 heterocycles. The highest BCUT2D eigenvalue weighted by Crippen LogP contribution is 2.42. The van der Waals surface area contributed by atoms with E-state index in [9.17, 15) is 14.0 Å². The van der Waals surface area contributed by atoms with Crippen molar-refractivity contribution in [2.24, 2.45) is 5.92 Å². The summed E-state index contributed by atoms with van der Waals surface area (Å²) in [6, 6.07) is 20.4. The van der Waals surface area contributed by atoms with Gasteiger partial charge in [0, 0.05) is 31.0 Å². The van der Waals surface area contributed by atoms with Gasteiger partial charge in [-0.3, -0.25) is 14.6 Å². The van der Waals surface area contributed by atoms with Gasteiger partial charge in [0.25, 0.3) is 0 Å². The van der Waals surface area contributed by atoms with Crippen LogP contribution in [0.5, 0.6) is 0 Å². The Morgan fingerprint density at radius 3 is 2.53 bits per heavy atom. The maximum atomic E-state index is 14.3. The first-order valence-corrected chi connectivity index (χ1v) is 12.4. The number of anilines is 2. The zero-order chi connectivity index (χ0) is 25.4. The Balaban J connectivity index is 1.39. The van der Waals surface area contributed by atoms with E-state index >= 15 is 0 Å². The van der Waals surface area contributed by atoms with Gasteiger partial charge in [0.2, 0.25) is 11.8 Å². The van der Waals surface area contributed by atoms with E-state index in [2.05, 4.69) is 35.4 Å². The van der Waals surface area contributed by atoms with Crippen molar-refractivity contribution in [3.63, 3.8) is 0 Å². The number of halogens is 1. The summed E-state index contributed by atoms with van der Waals surface area (Å²) in [5, 5.41) is 1.42. The molecule has 2 amide bonds. The number of fused-ring (bicyclic) bond motifs is 3. The molecule has 0 spiro atoms. The quantitative estimate of drug-likeness (QED) is 0.557. The van der Waals surface area contributed by atoms with E-state index in [1.807, 2.05) is 44.2 Å². The number of likely N-dealkylation sites (N-methyl/N-ethyl adjacent to an activating group) is 1. The van der Waals surface area contributed by atoms with Crippen molar-refractivity contribution in [2.75, 3.05) is 29.4 Å². The molecule has 1 N–H and O–H groups in total. The number of nitrogens with zero attached hydrogens (tertiary/aromatic N) is 3. The number of benzene rings is 3. The van der Waals surface area contributed by atoms with Crippen LogP contribution in [-0.4, -0.2) is 36.5 Å². The number of aryl methyl sites for hydroxylation is 2. The third-order valence-corrected chi connectivity index (χ3v) is 7.04. The summed E-state index contributed by atoms with van der Waals surface area (Å²) in [6.45, 7) is 7.47. The second-order valence-corrected chi connectivity index (χ2v) is 9.69. The third-order valence-electron chi connectivity index (χ3n) is 7.04. The van der Waals surface area contributed by atoms with Crippen molar-refractivity contribution in [2.45, 2.75) is 33.4 Å². The Kier molecular flexibility index (Phi) is 6.49. The van der Waals surface area contributed by atoms with Crippen LogP contribution in [0.2, 0.25) is 0 Å². The van der Waals surface area contributed by atoms with Crippen LogP contribution in [0.25, 0.3) is 0 Å². The molecule has 7 heteroatoms. The molecule has 3 aromatic rings. The second-order valence-electron chi connectivity index (χ2n) is 9.69. The average molecular weight is 487 g/mol. The van der Waals surface area contributed by atoms with Gasteiger partial charge in [-0.25, -0.2) is 9.82 Å². The molecule has 186 valence electrons. The van der Waals surface area contributed by atoms with Gasteiger partial charge in [-0.2, -0.15) is 0 Å². The molecule has 5 rings (SSSR count). The minimum atomic E-state index is -0.411. The predicted octanol–water partition coefficient (Wildman–Crippen LogP) is 4.52. The van der Waals surface area contributed by atoms with E-state index in [0.29, 0.717) is 19.6 Å². The van der Waals surface area contributed by atoms with E-state index in [1.165, 1.54) is 22.7 Å². The van der Waals surface area contributed by atoms with Crippen molar-refractivity contribution in [1.82, 2.24) is 10.4 Å². The Bertz CT molecular complexity index is 1310. The number of hydrogen-bond donors (Lipinski definition) is 1. The number of carbonyl (C=O) groups excluding carboxylic acids is 2. The number of amides is 2. The van der Waals surface area contributed by atoms with Crippen molar-refractivity contribution in [1.29, 1.82) is 0 Å². The zero-order valence-corrected chi connectivity index (χ0v) is 20.9. The molecule has 0 radical (unpaired) electrons. The highest BCUT2D eigenvalue weighted by molar-refractivity contribution is 5.97. The molecule has 0 saturated carbocycles. The van der Waals surface area contributed by atoms with Gasteiger partial charge in [-0.1, -0.05) is 42.0 Å². The fourth-order valence-electron chi connectivity index (χ4n) is 5.36. The van der Waals surface area contributed by atoms with E-state index in [1.54, 1.807) is 11.0 Å². The summed E-state index contributed by atoms with van der Waals surface area (Å²) < 4.78 is 14.3. The number of carbonyl (C=O) groups is 2. The monoisotopic (exact) mass is 486 g/mol. The Morgan fingerprint density at radius 1 is 1.06 bits per heavy atom. The molecule has 0 aromatic heterocycles. The maximum absolute atomic E-state index is 14.3. The fraction of sp³-hybridized carbons (Fsp3) is 0.310. The van der Waals surface area contributed by atoms with Gasteiger partial charge in [-0.05, 0) is 67.8 Å². The van der Waals surface area contributed by atoms with Crippen LogP contribution in [0.1, 0.15) is 35.2 Å². The lowest BCUT2D eigenvalue weighted by molar-refractivity contribution is -0.136. The lowest BCUT2D eigenvalue weighted by Gasteiger charge is -2.36. The topological polar surface area (TPSA) is 55.9 Å². The molecule has 2 atom stereocenters. The number of hydrazine groups is 1. The number of hydrogen-bond acceptors (Lipinski definition) is 4. The average Bonchev–Trinajstić information content (AvgIpc) is 3.15. The third kappa shape index (κ3) is 4.58. The van der Waals surface area contributed by atoms with Crippen LogP contribution in [0.4, 0.5) is 15.8 Å². The summed E-state index contributed by atoms with van der Waals surface area (Å²) in [5.74, 6) is -1.06. The summed E-state index contributed by atoms with van der Waals surface area (Å²) in [5.41, 5.74) is 9.05. The maximum Gasteiger partial charge on any atom is 0.248 e. The first-order valence-electron chi connectivity index (χ1n) is 12.4. The summed E-state index contributed by atoms with van der Waals surface area (Å²) in [4.78, 5) is 30.6. The molecule has 0 aliphatic carbocycles. The minimum Gasteiger partial charge on any atom is -0.366 e. The molecule has 1 saturated heterocycles. The highest BCUT2D eigenvalue weighted by Gasteiger charge is 2.46. The number of rotatable bonds is 6. The molecule has 2 unspecified atom stereocenters. The summed E-state index contributed by atoms with van der Waals surface area (Å²) in [7, 11) is 0. The van der Waals surface area contributed by atoms with Gasteiger partial charge in [0.15, 0.2) is 0 Å². The molecular formula is C29H31FN4O2. The number of nitrogens with one attached hydrogen (secondary N) is 1. The van der Waals surface area contributed by atoms with Gasteiger partial charge in [0.05, 0.1) is 12.0 Å². The van der Waals surface area contributed by atoms with Gasteiger partial charge in [-0.15, -0.1) is 0 Å². The molecule has 1 fully saturated rings. The van der Waals surface area contributed by atoms with Crippen LogP contribution in [0.3, 0.4) is 0 Å². The van der Waals surface area contributed by atoms with Crippen LogP contribution >= 0.6 is 0 Å². The van der Waals surface area contributed by atoms with Gasteiger partial charge in [0.1, 0.15) is 12.4 Å². The molecule has 2 aliphatic rings. The van der Waals surface area contributed by atoms with Crippen LogP contribution in [0.15, 0.2) is 66.7 Å². The summed E-state index contributed by atoms with van der Waals surface area (Å²) in [6.07, 6.45) is 0. The highest BCUT2D eigenvalue weighted by atomic mass is 19.1. The van der Waals surface area contributed by atoms with Crippen molar-refractivity contribution >= 4 is 23.2 Å². The minimum absolute atomic E-state index is 0.0872. The van der Waals surface area contributed by atoms with Crippen molar-refractivity contribution in [3.8, 4) is 0 Å². The van der Waals surface area contributed by atoms with E-state index in [4.69, 9.17) is 0 Å². The van der Waals surface area contributed by atoms with E-state index < -0.39 is 5.92 Å². The lowest BCUT2D eigenvalue weighted by atomic mass is 9.87. The Labute approximate surface area is 211 Å². The van der Waals surface area contributed by atoms with E-state index in [-0.39, 0.29) is 30.2 Å². The first-order chi connectivity index (χ1) is 17.3. The first kappa shape index (κ1) is 24.0.